The van der Waals surface area contributed by atoms with E-state index in [9.17, 15) is 9.59 Å². The van der Waals surface area contributed by atoms with Crippen molar-refractivity contribution in [3.63, 3.8) is 0 Å². The number of methoxy groups -OCH3 is 2. The normalized spacial score (nSPS) is 13.2. The fraction of sp³-hybridized carbons (Fsp3) is 0.556. The summed E-state index contributed by atoms with van der Waals surface area (Å²) in [6, 6.07) is 4.84. The van der Waals surface area contributed by atoms with Crippen LogP contribution in [0.1, 0.15) is 47.4 Å². The summed E-state index contributed by atoms with van der Waals surface area (Å²) in [5.74, 6) is -0.937. The third-order valence-electron chi connectivity index (χ3n) is 3.69. The van der Waals surface area contributed by atoms with Crippen molar-refractivity contribution < 1.29 is 28.5 Å². The number of carbonyl (C=O) groups is 2. The van der Waals surface area contributed by atoms with Crippen LogP contribution in [0.15, 0.2) is 18.2 Å². The Labute approximate surface area is 162 Å². The van der Waals surface area contributed by atoms with E-state index in [1.165, 1.54) is 6.07 Å². The van der Waals surface area contributed by atoms with Crippen molar-refractivity contribution in [2.75, 3.05) is 27.4 Å². The Bertz CT molecular complexity index is 528. The van der Waals surface area contributed by atoms with Crippen LogP contribution in [-0.4, -0.2) is 51.6 Å². The number of ether oxygens (including phenoxy) is 4. The maximum absolute atomic E-state index is 12.1. The van der Waals surface area contributed by atoms with Crippen LogP contribution in [-0.2, 0) is 18.9 Å². The molecule has 0 N–H and O–H groups in total. The standard InChI is InChI=1S/C18H25IO6/c1-12(22-3)5-7-24-17(20)14-9-15(11-16(19)10-14)18(21)25-8-6-13(2)23-4/h9-13H,5-8H2,1-4H3/t12-,13-/m0/s1. The molecule has 0 saturated heterocycles. The lowest BCUT2D eigenvalue weighted by atomic mass is 10.1. The third-order valence-corrected chi connectivity index (χ3v) is 4.31. The van der Waals surface area contributed by atoms with Gasteiger partial charge in [-0.15, -0.1) is 0 Å². The van der Waals surface area contributed by atoms with Gasteiger partial charge >= 0.3 is 11.9 Å². The Morgan fingerprint density at radius 2 is 1.28 bits per heavy atom. The topological polar surface area (TPSA) is 71.1 Å². The summed E-state index contributed by atoms with van der Waals surface area (Å²) in [4.78, 5) is 24.3. The average molecular weight is 464 g/mol. The van der Waals surface area contributed by atoms with Gasteiger partial charge in [0.1, 0.15) is 0 Å². The second kappa shape index (κ2) is 11.4. The smallest absolute Gasteiger partial charge is 0.338 e. The van der Waals surface area contributed by atoms with Gasteiger partial charge in [0, 0.05) is 30.6 Å². The minimum Gasteiger partial charge on any atom is -0.462 e. The Morgan fingerprint density at radius 3 is 1.64 bits per heavy atom. The van der Waals surface area contributed by atoms with Crippen LogP contribution in [0, 0.1) is 3.57 Å². The Balaban J connectivity index is 2.65. The van der Waals surface area contributed by atoms with Gasteiger partial charge in [0.05, 0.1) is 36.5 Å². The molecule has 1 rings (SSSR count). The Hall–Kier alpha value is -1.19. The van der Waals surface area contributed by atoms with Gasteiger partial charge in [0.2, 0.25) is 0 Å². The quantitative estimate of drug-likeness (QED) is 0.390. The lowest BCUT2D eigenvalue weighted by molar-refractivity contribution is 0.0389. The van der Waals surface area contributed by atoms with Crippen LogP contribution in [0.2, 0.25) is 0 Å². The molecule has 140 valence electrons. The summed E-state index contributed by atoms with van der Waals surface area (Å²) in [6.07, 6.45) is 1.25. The molecule has 0 heterocycles. The van der Waals surface area contributed by atoms with Crippen molar-refractivity contribution in [2.45, 2.75) is 38.9 Å². The van der Waals surface area contributed by atoms with Crippen molar-refractivity contribution >= 4 is 34.5 Å². The first-order chi connectivity index (χ1) is 11.9. The van der Waals surface area contributed by atoms with E-state index < -0.39 is 11.9 Å². The summed E-state index contributed by atoms with van der Waals surface area (Å²) in [7, 11) is 3.22. The van der Waals surface area contributed by atoms with Crippen molar-refractivity contribution in [3.8, 4) is 0 Å². The predicted octanol–water partition coefficient (Wildman–Crippen LogP) is 3.45. The third kappa shape index (κ3) is 8.15. The van der Waals surface area contributed by atoms with Crippen LogP contribution in [0.5, 0.6) is 0 Å². The summed E-state index contributed by atoms with van der Waals surface area (Å²) in [6.45, 7) is 4.32. The minimum atomic E-state index is -0.469. The molecule has 0 bridgehead atoms. The fourth-order valence-electron chi connectivity index (χ4n) is 1.86. The molecular weight excluding hydrogens is 439 g/mol. The number of rotatable bonds is 10. The SMILES string of the molecule is CO[C@@H](C)CCOC(=O)c1cc(I)cc(C(=O)OCC[C@H](C)OC)c1. The van der Waals surface area contributed by atoms with Crippen molar-refractivity contribution in [1.82, 2.24) is 0 Å². The van der Waals surface area contributed by atoms with Crippen LogP contribution in [0.4, 0.5) is 0 Å². The van der Waals surface area contributed by atoms with Crippen LogP contribution in [0.3, 0.4) is 0 Å². The second-order valence-corrected chi connectivity index (χ2v) is 6.92. The zero-order valence-corrected chi connectivity index (χ0v) is 17.2. The molecule has 7 heteroatoms. The molecule has 0 amide bonds. The number of hydrogen-bond acceptors (Lipinski definition) is 6. The molecule has 0 aliphatic heterocycles. The van der Waals surface area contributed by atoms with E-state index in [1.807, 2.05) is 13.8 Å². The number of carbonyl (C=O) groups excluding carboxylic acids is 2. The molecule has 0 saturated carbocycles. The summed E-state index contributed by atoms with van der Waals surface area (Å²) < 4.78 is 21.4. The highest BCUT2D eigenvalue weighted by atomic mass is 127. The van der Waals surface area contributed by atoms with Gasteiger partial charge in [0.15, 0.2) is 0 Å². The number of halogens is 1. The highest BCUT2D eigenvalue weighted by Gasteiger charge is 2.15. The van der Waals surface area contributed by atoms with Crippen LogP contribution < -0.4 is 0 Å². The fourth-order valence-corrected chi connectivity index (χ4v) is 2.53. The summed E-state index contributed by atoms with van der Waals surface area (Å²) in [5, 5.41) is 0. The first-order valence-electron chi connectivity index (χ1n) is 8.07. The molecule has 0 radical (unpaired) electrons. The van der Waals surface area contributed by atoms with E-state index in [2.05, 4.69) is 22.6 Å². The molecule has 25 heavy (non-hydrogen) atoms. The summed E-state index contributed by atoms with van der Waals surface area (Å²) >= 11 is 2.05. The molecule has 0 unspecified atom stereocenters. The highest BCUT2D eigenvalue weighted by Crippen LogP contribution is 2.15. The molecule has 0 spiro atoms. The zero-order chi connectivity index (χ0) is 18.8. The van der Waals surface area contributed by atoms with Crippen molar-refractivity contribution in [1.29, 1.82) is 0 Å². The van der Waals surface area contributed by atoms with E-state index in [4.69, 9.17) is 18.9 Å². The van der Waals surface area contributed by atoms with E-state index in [1.54, 1.807) is 26.4 Å². The Kier molecular flexibility index (Phi) is 9.99. The van der Waals surface area contributed by atoms with Gasteiger partial charge in [-0.25, -0.2) is 9.59 Å². The maximum atomic E-state index is 12.1. The van der Waals surface area contributed by atoms with Gasteiger partial charge in [-0.3, -0.25) is 0 Å². The van der Waals surface area contributed by atoms with E-state index >= 15 is 0 Å². The summed E-state index contributed by atoms with van der Waals surface area (Å²) in [5.41, 5.74) is 0.656. The molecule has 1 aromatic carbocycles. The zero-order valence-electron chi connectivity index (χ0n) is 15.0. The van der Waals surface area contributed by atoms with E-state index in [0.717, 1.165) is 3.57 Å². The number of esters is 2. The lowest BCUT2D eigenvalue weighted by Crippen LogP contribution is -2.15. The van der Waals surface area contributed by atoms with Gasteiger partial charge in [-0.1, -0.05) is 0 Å². The number of benzene rings is 1. The van der Waals surface area contributed by atoms with E-state index in [-0.39, 0.29) is 25.4 Å². The Morgan fingerprint density at radius 1 is 0.880 bits per heavy atom. The number of hydrogen-bond donors (Lipinski definition) is 0. The highest BCUT2D eigenvalue weighted by molar-refractivity contribution is 14.1. The lowest BCUT2D eigenvalue weighted by Gasteiger charge is -2.11. The first-order valence-corrected chi connectivity index (χ1v) is 9.15. The van der Waals surface area contributed by atoms with Gasteiger partial charge in [-0.05, 0) is 54.6 Å². The minimum absolute atomic E-state index is 0.0174. The van der Waals surface area contributed by atoms with Gasteiger partial charge in [-0.2, -0.15) is 0 Å². The van der Waals surface area contributed by atoms with Crippen molar-refractivity contribution in [2.24, 2.45) is 0 Å². The van der Waals surface area contributed by atoms with Crippen LogP contribution >= 0.6 is 22.6 Å². The molecule has 0 aliphatic carbocycles. The molecular formula is C18H25IO6. The molecule has 2 atom stereocenters. The van der Waals surface area contributed by atoms with Crippen LogP contribution in [0.25, 0.3) is 0 Å². The molecule has 0 aromatic heterocycles. The van der Waals surface area contributed by atoms with E-state index in [0.29, 0.717) is 24.0 Å². The molecule has 1 aromatic rings. The van der Waals surface area contributed by atoms with Crippen molar-refractivity contribution in [3.05, 3.63) is 32.9 Å². The first kappa shape index (κ1) is 21.9. The average Bonchev–Trinajstić information content (AvgIpc) is 2.60. The largest absolute Gasteiger partial charge is 0.462 e. The predicted molar refractivity (Wildman–Crippen MR) is 102 cm³/mol. The van der Waals surface area contributed by atoms with Gasteiger partial charge in [0.25, 0.3) is 0 Å². The maximum Gasteiger partial charge on any atom is 0.338 e. The van der Waals surface area contributed by atoms with Gasteiger partial charge < -0.3 is 18.9 Å². The second-order valence-electron chi connectivity index (χ2n) is 5.67. The molecule has 6 nitrogen and oxygen atoms in total. The molecule has 0 aliphatic rings. The molecule has 0 fully saturated rings. The monoisotopic (exact) mass is 464 g/mol.